The van der Waals surface area contributed by atoms with Gasteiger partial charge >= 0.3 is 6.18 Å². The molecule has 5 nitrogen and oxygen atoms in total. The predicted octanol–water partition coefficient (Wildman–Crippen LogP) is 2.88. The molecule has 0 unspecified atom stereocenters. The van der Waals surface area contributed by atoms with Gasteiger partial charge in [-0.05, 0) is 24.3 Å². The van der Waals surface area contributed by atoms with Gasteiger partial charge in [0.25, 0.3) is 0 Å². The molecule has 0 bridgehead atoms. The first-order valence-electron chi connectivity index (χ1n) is 5.41. The van der Waals surface area contributed by atoms with Crippen LogP contribution in [0.2, 0.25) is 0 Å². The Labute approximate surface area is 112 Å². The van der Waals surface area contributed by atoms with E-state index in [-0.39, 0.29) is 23.2 Å². The lowest BCUT2D eigenvalue weighted by Gasteiger charge is -2.10. The summed E-state index contributed by atoms with van der Waals surface area (Å²) in [4.78, 5) is 7.55. The highest BCUT2D eigenvalue weighted by Crippen LogP contribution is 2.33. The van der Waals surface area contributed by atoms with Crippen molar-refractivity contribution in [2.24, 2.45) is 0 Å². The number of anilines is 1. The zero-order valence-electron chi connectivity index (χ0n) is 10.3. The maximum absolute atomic E-state index is 12.4. The van der Waals surface area contributed by atoms with E-state index >= 15 is 0 Å². The Kier molecular flexibility index (Phi) is 3.64. The van der Waals surface area contributed by atoms with E-state index in [2.05, 4.69) is 9.97 Å². The molecule has 2 N–H and O–H groups in total. The van der Waals surface area contributed by atoms with E-state index in [9.17, 15) is 13.2 Å². The summed E-state index contributed by atoms with van der Waals surface area (Å²) in [7, 11) is 1.38. The lowest BCUT2D eigenvalue weighted by molar-refractivity contribution is -0.137. The normalized spacial score (nSPS) is 11.2. The first-order valence-corrected chi connectivity index (χ1v) is 5.41. The Morgan fingerprint density at radius 1 is 1.05 bits per heavy atom. The minimum Gasteiger partial charge on any atom is -0.479 e. The van der Waals surface area contributed by atoms with Crippen molar-refractivity contribution in [1.29, 1.82) is 0 Å². The third kappa shape index (κ3) is 2.90. The van der Waals surface area contributed by atoms with Crippen LogP contribution in [-0.4, -0.2) is 17.1 Å². The number of hydrogen-bond donors (Lipinski definition) is 1. The largest absolute Gasteiger partial charge is 0.479 e. The maximum atomic E-state index is 12.4. The molecule has 2 aromatic rings. The molecule has 0 saturated heterocycles. The van der Waals surface area contributed by atoms with Crippen LogP contribution in [0.4, 0.5) is 18.9 Å². The van der Waals surface area contributed by atoms with E-state index in [1.54, 1.807) is 0 Å². The number of nitrogens with two attached hydrogens (primary N) is 1. The number of benzene rings is 1. The average Bonchev–Trinajstić information content (AvgIpc) is 2.41. The Morgan fingerprint density at radius 3 is 2.20 bits per heavy atom. The van der Waals surface area contributed by atoms with E-state index in [1.165, 1.54) is 25.6 Å². The number of aromatic nitrogens is 2. The molecule has 0 aliphatic carbocycles. The van der Waals surface area contributed by atoms with E-state index in [0.717, 1.165) is 12.1 Å². The number of methoxy groups -OCH3 is 1. The summed E-state index contributed by atoms with van der Waals surface area (Å²) in [6.45, 7) is 0. The highest BCUT2D eigenvalue weighted by molar-refractivity contribution is 5.56. The fourth-order valence-electron chi connectivity index (χ4n) is 1.43. The number of nitrogens with zero attached hydrogens (tertiary/aromatic N) is 2. The topological polar surface area (TPSA) is 70.3 Å². The Hall–Kier alpha value is -2.51. The van der Waals surface area contributed by atoms with Crippen LogP contribution >= 0.6 is 0 Å². The van der Waals surface area contributed by atoms with Gasteiger partial charge in [0.1, 0.15) is 12.1 Å². The van der Waals surface area contributed by atoms with Crippen LogP contribution in [-0.2, 0) is 6.18 Å². The maximum Gasteiger partial charge on any atom is 0.416 e. The van der Waals surface area contributed by atoms with Gasteiger partial charge in [-0.1, -0.05) is 0 Å². The van der Waals surface area contributed by atoms with Gasteiger partial charge in [0.2, 0.25) is 11.8 Å². The second-order valence-corrected chi connectivity index (χ2v) is 3.73. The minimum absolute atomic E-state index is 0.0107. The van der Waals surface area contributed by atoms with Crippen molar-refractivity contribution < 1.29 is 22.6 Å². The SMILES string of the molecule is COc1ncnc(Oc2ccc(C(F)(F)F)cc2)c1N. The van der Waals surface area contributed by atoms with Crippen LogP contribution in [0.15, 0.2) is 30.6 Å². The lowest BCUT2D eigenvalue weighted by atomic mass is 10.2. The van der Waals surface area contributed by atoms with Crippen LogP contribution in [0.1, 0.15) is 5.56 Å². The third-order valence-corrected chi connectivity index (χ3v) is 2.40. The average molecular weight is 285 g/mol. The van der Waals surface area contributed by atoms with Gasteiger partial charge < -0.3 is 15.2 Å². The molecule has 2 rings (SSSR count). The van der Waals surface area contributed by atoms with Crippen molar-refractivity contribution in [3.8, 4) is 17.5 Å². The number of rotatable bonds is 3. The molecule has 8 heteroatoms. The quantitative estimate of drug-likeness (QED) is 0.939. The zero-order valence-corrected chi connectivity index (χ0v) is 10.3. The van der Waals surface area contributed by atoms with Crippen molar-refractivity contribution in [3.63, 3.8) is 0 Å². The highest BCUT2D eigenvalue weighted by Gasteiger charge is 2.30. The molecule has 1 aromatic heterocycles. The minimum atomic E-state index is -4.39. The number of ether oxygens (including phenoxy) is 2. The summed E-state index contributed by atoms with van der Waals surface area (Å²) in [6, 6.07) is 4.17. The van der Waals surface area contributed by atoms with Crippen LogP contribution in [0.25, 0.3) is 0 Å². The van der Waals surface area contributed by atoms with E-state index in [0.29, 0.717) is 0 Å². The van der Waals surface area contributed by atoms with Crippen molar-refractivity contribution in [3.05, 3.63) is 36.2 Å². The van der Waals surface area contributed by atoms with Crippen molar-refractivity contribution in [2.75, 3.05) is 12.8 Å². The first kappa shape index (κ1) is 13.9. The van der Waals surface area contributed by atoms with Gasteiger partial charge in [-0.25, -0.2) is 0 Å². The van der Waals surface area contributed by atoms with Crippen LogP contribution in [0.5, 0.6) is 17.5 Å². The molecule has 0 atom stereocenters. The second-order valence-electron chi connectivity index (χ2n) is 3.73. The summed E-state index contributed by atoms with van der Waals surface area (Å²) in [5.74, 6) is 0.309. The number of nitrogen functional groups attached to an aromatic ring is 1. The van der Waals surface area contributed by atoms with E-state index in [1.807, 2.05) is 0 Å². The monoisotopic (exact) mass is 285 g/mol. The molecule has 1 aromatic carbocycles. The Morgan fingerprint density at radius 2 is 1.65 bits per heavy atom. The molecule has 0 radical (unpaired) electrons. The second kappa shape index (κ2) is 5.24. The fraction of sp³-hybridized carbons (Fsp3) is 0.167. The van der Waals surface area contributed by atoms with Crippen LogP contribution < -0.4 is 15.2 Å². The van der Waals surface area contributed by atoms with Gasteiger partial charge in [-0.3, -0.25) is 0 Å². The molecule has 1 heterocycles. The molecule has 0 saturated carbocycles. The third-order valence-electron chi connectivity index (χ3n) is 2.40. The van der Waals surface area contributed by atoms with Crippen LogP contribution in [0.3, 0.4) is 0 Å². The molecule has 0 spiro atoms. The van der Waals surface area contributed by atoms with Crippen molar-refractivity contribution in [1.82, 2.24) is 9.97 Å². The summed E-state index contributed by atoms with van der Waals surface area (Å²) >= 11 is 0. The Bertz CT molecular complexity index is 600. The first-order chi connectivity index (χ1) is 9.41. The van der Waals surface area contributed by atoms with Crippen molar-refractivity contribution in [2.45, 2.75) is 6.18 Å². The summed E-state index contributed by atoms with van der Waals surface area (Å²) < 4.78 is 47.4. The van der Waals surface area contributed by atoms with Gasteiger partial charge in [-0.15, -0.1) is 0 Å². The van der Waals surface area contributed by atoms with Crippen molar-refractivity contribution >= 4 is 5.69 Å². The summed E-state index contributed by atoms with van der Waals surface area (Å²) in [5, 5.41) is 0. The number of alkyl halides is 3. The lowest BCUT2D eigenvalue weighted by Crippen LogP contribution is -2.04. The molecule has 20 heavy (non-hydrogen) atoms. The fourth-order valence-corrected chi connectivity index (χ4v) is 1.43. The predicted molar refractivity (Wildman–Crippen MR) is 64.5 cm³/mol. The van der Waals surface area contributed by atoms with Crippen LogP contribution in [0, 0.1) is 0 Å². The number of hydrogen-bond acceptors (Lipinski definition) is 5. The van der Waals surface area contributed by atoms with E-state index < -0.39 is 11.7 Å². The molecular weight excluding hydrogens is 275 g/mol. The Balaban J connectivity index is 2.23. The summed E-state index contributed by atoms with van der Waals surface area (Å²) in [6.07, 6.45) is -3.22. The standard InChI is InChI=1S/C12H10F3N3O2/c1-19-10-9(16)11(18-6-17-10)20-8-4-2-7(3-5-8)12(13,14)15/h2-6H,16H2,1H3. The molecule has 0 aliphatic rings. The molecular formula is C12H10F3N3O2. The zero-order chi connectivity index (χ0) is 14.8. The summed E-state index contributed by atoms with van der Waals surface area (Å²) in [5.41, 5.74) is 4.98. The van der Waals surface area contributed by atoms with E-state index in [4.69, 9.17) is 15.2 Å². The van der Waals surface area contributed by atoms with Gasteiger partial charge in [-0.2, -0.15) is 23.1 Å². The van der Waals surface area contributed by atoms with Gasteiger partial charge in [0.05, 0.1) is 12.7 Å². The smallest absolute Gasteiger partial charge is 0.416 e. The van der Waals surface area contributed by atoms with Gasteiger partial charge in [0.15, 0.2) is 5.69 Å². The molecule has 0 fully saturated rings. The highest BCUT2D eigenvalue weighted by atomic mass is 19.4. The molecule has 0 aliphatic heterocycles. The van der Waals surface area contributed by atoms with Gasteiger partial charge in [0, 0.05) is 0 Å². The molecule has 0 amide bonds. The molecule has 106 valence electrons. The number of halogens is 3.